The maximum atomic E-state index is 12.4. The predicted molar refractivity (Wildman–Crippen MR) is 111 cm³/mol. The number of nitrogens with zero attached hydrogens (tertiary/aromatic N) is 1. The molecule has 1 heterocycles. The molecule has 150 valence electrons. The van der Waals surface area contributed by atoms with Gasteiger partial charge in [0.05, 0.1) is 13.7 Å². The Balaban J connectivity index is 1.35. The normalized spacial score (nSPS) is 15.2. The molecule has 0 spiro atoms. The highest BCUT2D eigenvalue weighted by molar-refractivity contribution is 5.78. The number of nitrogens with one attached hydrogen (secondary N) is 1. The quantitative estimate of drug-likeness (QED) is 0.711. The van der Waals surface area contributed by atoms with Crippen LogP contribution in [0.15, 0.2) is 48.5 Å². The van der Waals surface area contributed by atoms with Gasteiger partial charge in [-0.15, -0.1) is 0 Å². The van der Waals surface area contributed by atoms with Crippen LogP contribution in [0.3, 0.4) is 0 Å². The summed E-state index contributed by atoms with van der Waals surface area (Å²) in [5.74, 6) is 1.76. The highest BCUT2D eigenvalue weighted by atomic mass is 16.5. The zero-order valence-corrected chi connectivity index (χ0v) is 16.8. The molecule has 2 aromatic rings. The Kier molecular flexibility index (Phi) is 7.31. The van der Waals surface area contributed by atoms with Gasteiger partial charge in [0, 0.05) is 18.5 Å². The zero-order chi connectivity index (χ0) is 19.8. The van der Waals surface area contributed by atoms with E-state index in [0.29, 0.717) is 13.2 Å². The van der Waals surface area contributed by atoms with Gasteiger partial charge in [-0.05, 0) is 56.1 Å². The van der Waals surface area contributed by atoms with E-state index in [9.17, 15) is 4.79 Å². The molecule has 0 bridgehead atoms. The third kappa shape index (κ3) is 5.73. The molecule has 5 nitrogen and oxygen atoms in total. The summed E-state index contributed by atoms with van der Waals surface area (Å²) >= 11 is 0. The molecule has 1 fully saturated rings. The van der Waals surface area contributed by atoms with Crippen molar-refractivity contribution in [3.05, 3.63) is 59.7 Å². The third-order valence-corrected chi connectivity index (χ3v) is 5.32. The van der Waals surface area contributed by atoms with Crippen LogP contribution in [0.1, 0.15) is 24.0 Å². The summed E-state index contributed by atoms with van der Waals surface area (Å²) in [6.07, 6.45) is 1.82. The van der Waals surface area contributed by atoms with E-state index >= 15 is 0 Å². The number of rotatable bonds is 8. The second-order valence-corrected chi connectivity index (χ2v) is 7.30. The number of hydrogen-bond acceptors (Lipinski definition) is 4. The summed E-state index contributed by atoms with van der Waals surface area (Å²) in [4.78, 5) is 14.9. The Morgan fingerprint density at radius 1 is 1.11 bits per heavy atom. The van der Waals surface area contributed by atoms with E-state index in [1.54, 1.807) is 7.11 Å². The highest BCUT2D eigenvalue weighted by Gasteiger charge is 2.24. The fraction of sp³-hybridized carbons (Fsp3) is 0.435. The number of hydrogen-bond donors (Lipinski definition) is 1. The molecular weight excluding hydrogens is 352 g/mol. The van der Waals surface area contributed by atoms with Gasteiger partial charge >= 0.3 is 0 Å². The van der Waals surface area contributed by atoms with E-state index in [1.807, 2.05) is 24.3 Å². The molecule has 0 aliphatic carbocycles. The van der Waals surface area contributed by atoms with Gasteiger partial charge in [-0.2, -0.15) is 0 Å². The van der Waals surface area contributed by atoms with E-state index in [1.165, 1.54) is 11.1 Å². The number of benzene rings is 2. The standard InChI is InChI=1S/C23H30N2O3/c1-18-6-3-4-7-20(18)17-25-13-10-19(11-14-25)23(26)24-12-15-28-22-9-5-8-21(16-22)27-2/h3-9,16,19H,10-15,17H2,1-2H3,(H,24,26). The van der Waals surface area contributed by atoms with Gasteiger partial charge in [0.2, 0.25) is 5.91 Å². The average Bonchev–Trinajstić information content (AvgIpc) is 2.73. The van der Waals surface area contributed by atoms with Crippen LogP contribution in [-0.2, 0) is 11.3 Å². The second kappa shape index (κ2) is 10.1. The molecule has 1 aliphatic heterocycles. The van der Waals surface area contributed by atoms with E-state index in [-0.39, 0.29) is 11.8 Å². The number of carbonyl (C=O) groups is 1. The van der Waals surface area contributed by atoms with E-state index < -0.39 is 0 Å². The van der Waals surface area contributed by atoms with Crippen molar-refractivity contribution in [2.45, 2.75) is 26.3 Å². The first-order valence-electron chi connectivity index (χ1n) is 9.97. The van der Waals surface area contributed by atoms with Crippen LogP contribution in [-0.4, -0.2) is 44.2 Å². The van der Waals surface area contributed by atoms with Crippen molar-refractivity contribution in [1.82, 2.24) is 10.2 Å². The topological polar surface area (TPSA) is 50.8 Å². The van der Waals surface area contributed by atoms with Crippen LogP contribution in [0.2, 0.25) is 0 Å². The van der Waals surface area contributed by atoms with Crippen LogP contribution in [0.25, 0.3) is 0 Å². The molecule has 0 saturated carbocycles. The fourth-order valence-corrected chi connectivity index (χ4v) is 3.56. The van der Waals surface area contributed by atoms with Crippen molar-refractivity contribution >= 4 is 5.91 Å². The van der Waals surface area contributed by atoms with Crippen molar-refractivity contribution in [2.75, 3.05) is 33.4 Å². The lowest BCUT2D eigenvalue weighted by Crippen LogP contribution is -2.41. The molecule has 0 unspecified atom stereocenters. The van der Waals surface area contributed by atoms with Gasteiger partial charge in [0.1, 0.15) is 18.1 Å². The molecule has 2 aromatic carbocycles. The monoisotopic (exact) mass is 382 g/mol. The molecule has 28 heavy (non-hydrogen) atoms. The number of likely N-dealkylation sites (tertiary alicyclic amines) is 1. The predicted octanol–water partition coefficient (Wildman–Crippen LogP) is 3.41. The van der Waals surface area contributed by atoms with Crippen LogP contribution in [0.5, 0.6) is 11.5 Å². The molecule has 3 rings (SSSR count). The van der Waals surface area contributed by atoms with E-state index in [0.717, 1.165) is 44.0 Å². The number of piperidine rings is 1. The van der Waals surface area contributed by atoms with Crippen molar-refractivity contribution in [3.63, 3.8) is 0 Å². The Hall–Kier alpha value is -2.53. The molecule has 1 saturated heterocycles. The zero-order valence-electron chi connectivity index (χ0n) is 16.8. The maximum absolute atomic E-state index is 12.4. The van der Waals surface area contributed by atoms with E-state index in [4.69, 9.17) is 9.47 Å². The number of ether oxygens (including phenoxy) is 2. The Morgan fingerprint density at radius 2 is 1.86 bits per heavy atom. The van der Waals surface area contributed by atoms with Crippen molar-refractivity contribution in [2.24, 2.45) is 5.92 Å². The Labute approximate surface area is 167 Å². The van der Waals surface area contributed by atoms with Crippen LogP contribution in [0, 0.1) is 12.8 Å². The first-order valence-corrected chi connectivity index (χ1v) is 9.97. The number of amides is 1. The summed E-state index contributed by atoms with van der Waals surface area (Å²) < 4.78 is 10.9. The van der Waals surface area contributed by atoms with Gasteiger partial charge in [-0.25, -0.2) is 0 Å². The lowest BCUT2D eigenvalue weighted by atomic mass is 9.95. The lowest BCUT2D eigenvalue weighted by molar-refractivity contribution is -0.126. The van der Waals surface area contributed by atoms with Gasteiger partial charge in [0.25, 0.3) is 0 Å². The third-order valence-electron chi connectivity index (χ3n) is 5.32. The fourth-order valence-electron chi connectivity index (χ4n) is 3.56. The SMILES string of the molecule is COc1cccc(OCCNC(=O)C2CCN(Cc3ccccc3C)CC2)c1. The molecule has 5 heteroatoms. The van der Waals surface area contributed by atoms with Crippen LogP contribution >= 0.6 is 0 Å². The lowest BCUT2D eigenvalue weighted by Gasteiger charge is -2.31. The maximum Gasteiger partial charge on any atom is 0.223 e. The number of methoxy groups -OCH3 is 1. The first-order chi connectivity index (χ1) is 13.7. The summed E-state index contributed by atoms with van der Waals surface area (Å²) in [7, 11) is 1.63. The molecular formula is C23H30N2O3. The average molecular weight is 383 g/mol. The van der Waals surface area contributed by atoms with Gasteiger partial charge in [-0.3, -0.25) is 9.69 Å². The molecule has 0 atom stereocenters. The van der Waals surface area contributed by atoms with Crippen molar-refractivity contribution < 1.29 is 14.3 Å². The minimum atomic E-state index is 0.102. The Morgan fingerprint density at radius 3 is 2.61 bits per heavy atom. The largest absolute Gasteiger partial charge is 0.497 e. The van der Waals surface area contributed by atoms with Gasteiger partial charge in [0.15, 0.2) is 0 Å². The smallest absolute Gasteiger partial charge is 0.223 e. The molecule has 0 aromatic heterocycles. The minimum Gasteiger partial charge on any atom is -0.497 e. The van der Waals surface area contributed by atoms with E-state index in [2.05, 4.69) is 41.4 Å². The van der Waals surface area contributed by atoms with Crippen molar-refractivity contribution in [3.8, 4) is 11.5 Å². The molecule has 1 aliphatic rings. The number of carbonyl (C=O) groups excluding carboxylic acids is 1. The number of aryl methyl sites for hydroxylation is 1. The summed E-state index contributed by atoms with van der Waals surface area (Å²) in [5, 5.41) is 3.01. The summed E-state index contributed by atoms with van der Waals surface area (Å²) in [6, 6.07) is 16.0. The molecule has 0 radical (unpaired) electrons. The highest BCUT2D eigenvalue weighted by Crippen LogP contribution is 2.21. The van der Waals surface area contributed by atoms with Crippen molar-refractivity contribution in [1.29, 1.82) is 0 Å². The van der Waals surface area contributed by atoms with Gasteiger partial charge < -0.3 is 14.8 Å². The first kappa shape index (κ1) is 20.2. The molecule has 1 N–H and O–H groups in total. The second-order valence-electron chi connectivity index (χ2n) is 7.30. The van der Waals surface area contributed by atoms with Crippen LogP contribution < -0.4 is 14.8 Å². The summed E-state index contributed by atoms with van der Waals surface area (Å²) in [6.45, 7) is 6.02. The molecule has 1 amide bonds. The van der Waals surface area contributed by atoms with Gasteiger partial charge in [-0.1, -0.05) is 30.3 Å². The minimum absolute atomic E-state index is 0.102. The van der Waals surface area contributed by atoms with Crippen LogP contribution in [0.4, 0.5) is 0 Å². The Bertz CT molecular complexity index is 770. The summed E-state index contributed by atoms with van der Waals surface area (Å²) in [5.41, 5.74) is 2.71.